The first-order chi connectivity index (χ1) is 33.7. The van der Waals surface area contributed by atoms with Crippen molar-refractivity contribution in [1.29, 1.82) is 0 Å². The number of nitrogens with two attached hydrogens (primary N) is 4. The van der Waals surface area contributed by atoms with Crippen LogP contribution < -0.4 is 41.9 Å². The standard InChI is InChI=1S/C49H65N9O13S/c1-25-15-38(62)42(58(6)47(65)29(13-14-54-72(53,68)69)19-37(61)41-26(2)55-45(57-44(41)52)28-8-10-31(11-9-28)49(3,4)5)30-18-35(43(63)40(20-30)71-24-33(60)22-51)34-16-27(17-36(48(66)67)56-46(25)64)7-12-39(34)70-23-32(59)21-50/h7-12,16,18,20,25,29,32-33,36,42,54,59-60,63H,13-15,17,19,21-24,50-51H2,1-6H3,(H,56,64)(H,66,67)(H2,52,55,57)(H2,53,68,69)/t25-,29-,32-,33-,36+,42+/m1/s1. The van der Waals surface area contributed by atoms with Crippen LogP contribution in [-0.4, -0.2) is 131 Å². The van der Waals surface area contributed by atoms with Gasteiger partial charge in [0.15, 0.2) is 28.9 Å². The van der Waals surface area contributed by atoms with E-state index in [2.05, 4.69) is 40.8 Å². The number of aryl methyl sites for hydroxylation is 1. The lowest BCUT2D eigenvalue weighted by Gasteiger charge is -2.32. The highest BCUT2D eigenvalue weighted by molar-refractivity contribution is 7.87. The van der Waals surface area contributed by atoms with E-state index < -0.39 is 107 Å². The normalized spacial score (nSPS) is 17.7. The second kappa shape index (κ2) is 23.7. The Labute approximate surface area is 417 Å². The van der Waals surface area contributed by atoms with E-state index in [-0.39, 0.29) is 89.0 Å². The lowest BCUT2D eigenvalue weighted by atomic mass is 9.86. The fourth-order valence-electron chi connectivity index (χ4n) is 8.15. The number of Topliss-reactive ketones (excluding diaryl/α,β-unsaturated/α-hetero) is 2. The van der Waals surface area contributed by atoms with Crippen molar-refractivity contribution >= 4 is 45.4 Å². The molecule has 1 aromatic heterocycles. The molecule has 2 heterocycles. The summed E-state index contributed by atoms with van der Waals surface area (Å²) in [5.41, 5.74) is 19.7. The number of hydrogen-bond acceptors (Lipinski definition) is 17. The lowest BCUT2D eigenvalue weighted by molar-refractivity contribution is -0.144. The van der Waals surface area contributed by atoms with Gasteiger partial charge in [0.05, 0.1) is 11.3 Å². The number of ketones is 2. The van der Waals surface area contributed by atoms with Gasteiger partial charge in [0.25, 0.3) is 10.2 Å². The summed E-state index contributed by atoms with van der Waals surface area (Å²) in [6.07, 6.45) is -4.15. The van der Waals surface area contributed by atoms with Crippen molar-refractivity contribution in [3.63, 3.8) is 0 Å². The third-order valence-corrected chi connectivity index (χ3v) is 12.8. The number of nitrogen functional groups attached to an aromatic ring is 1. The molecule has 0 saturated heterocycles. The van der Waals surface area contributed by atoms with Crippen molar-refractivity contribution in [1.82, 2.24) is 24.9 Å². The van der Waals surface area contributed by atoms with Crippen LogP contribution in [0, 0.1) is 18.8 Å². The molecule has 0 fully saturated rings. The number of carboxylic acids is 1. The van der Waals surface area contributed by atoms with Gasteiger partial charge in [-0.2, -0.15) is 8.42 Å². The van der Waals surface area contributed by atoms with Gasteiger partial charge in [-0.15, -0.1) is 0 Å². The number of nitrogens with zero attached hydrogens (tertiary/aromatic N) is 3. The van der Waals surface area contributed by atoms with Crippen molar-refractivity contribution < 1.29 is 62.3 Å². The van der Waals surface area contributed by atoms with Crippen molar-refractivity contribution in [3.8, 4) is 39.8 Å². The number of anilines is 1. The largest absolute Gasteiger partial charge is 0.504 e. The molecule has 1 aliphatic rings. The number of phenolic OH excluding ortho intramolecular Hbond substituents is 1. The van der Waals surface area contributed by atoms with E-state index in [1.807, 2.05) is 24.3 Å². The Morgan fingerprint density at radius 3 is 2.12 bits per heavy atom. The highest BCUT2D eigenvalue weighted by atomic mass is 32.2. The molecule has 5 rings (SSSR count). The molecule has 0 saturated carbocycles. The predicted molar refractivity (Wildman–Crippen MR) is 266 cm³/mol. The average molecular weight is 1020 g/mol. The molecular formula is C49H65N9O13S. The quantitative estimate of drug-likeness (QED) is 0.0593. The van der Waals surface area contributed by atoms with Gasteiger partial charge in [0.2, 0.25) is 11.8 Å². The summed E-state index contributed by atoms with van der Waals surface area (Å²) in [7, 11) is -3.05. The van der Waals surface area contributed by atoms with Crippen molar-refractivity contribution in [2.75, 3.05) is 45.6 Å². The number of phenols is 1. The van der Waals surface area contributed by atoms with Crippen LogP contribution in [0.1, 0.15) is 85.7 Å². The van der Waals surface area contributed by atoms with Crippen LogP contribution in [0.15, 0.2) is 54.6 Å². The highest BCUT2D eigenvalue weighted by Gasteiger charge is 2.38. The van der Waals surface area contributed by atoms with E-state index in [9.17, 15) is 48.0 Å². The number of carboxylic acid groups (broad SMARTS) is 1. The molecule has 0 spiro atoms. The fourth-order valence-corrected chi connectivity index (χ4v) is 8.55. The number of hydrogen-bond donors (Lipinski definition) is 10. The Morgan fingerprint density at radius 1 is 0.931 bits per heavy atom. The summed E-state index contributed by atoms with van der Waals surface area (Å²) in [6.45, 7) is 7.51. The Bertz CT molecular complexity index is 2750. The number of carbonyl (C=O) groups is 5. The molecule has 3 aromatic carbocycles. The molecule has 4 bridgehead atoms. The number of nitrogens with one attached hydrogen (secondary N) is 2. The zero-order chi connectivity index (χ0) is 53.4. The molecule has 4 aromatic rings. The molecule has 6 atom stereocenters. The number of likely N-dealkylation sites (N-methyl/N-ethyl adjacent to an activating group) is 1. The molecule has 14 N–H and O–H groups in total. The first-order valence-corrected chi connectivity index (χ1v) is 24.7. The summed E-state index contributed by atoms with van der Waals surface area (Å²) in [6, 6.07) is 11.4. The number of amides is 2. The van der Waals surface area contributed by atoms with E-state index in [1.54, 1.807) is 6.92 Å². The maximum atomic E-state index is 15.1. The zero-order valence-corrected chi connectivity index (χ0v) is 41.9. The number of rotatable bonds is 19. The number of aromatic hydroxyl groups is 1. The van der Waals surface area contributed by atoms with Crippen LogP contribution in [0.5, 0.6) is 17.2 Å². The van der Waals surface area contributed by atoms with E-state index in [1.165, 1.54) is 44.3 Å². The minimum absolute atomic E-state index is 0.0142. The average Bonchev–Trinajstić information content (AvgIpc) is 3.31. The van der Waals surface area contributed by atoms with E-state index in [4.69, 9.17) is 31.8 Å². The second-order valence-electron chi connectivity index (χ2n) is 18.9. The van der Waals surface area contributed by atoms with Crippen LogP contribution in [0.2, 0.25) is 0 Å². The van der Waals surface area contributed by atoms with Crippen molar-refractivity contribution in [3.05, 3.63) is 82.5 Å². The predicted octanol–water partition coefficient (Wildman–Crippen LogP) is 1.39. The minimum atomic E-state index is -4.30. The van der Waals surface area contributed by atoms with Gasteiger partial charge in [-0.3, -0.25) is 19.2 Å². The van der Waals surface area contributed by atoms with Crippen LogP contribution in [-0.2, 0) is 41.2 Å². The topological polar surface area (TPSA) is 376 Å². The maximum absolute atomic E-state index is 15.1. The van der Waals surface area contributed by atoms with Crippen molar-refractivity contribution in [2.45, 2.75) is 90.0 Å². The van der Waals surface area contributed by atoms with Gasteiger partial charge in [0.1, 0.15) is 49.1 Å². The second-order valence-corrected chi connectivity index (χ2v) is 20.3. The summed E-state index contributed by atoms with van der Waals surface area (Å²) in [5.74, 6) is -7.85. The number of aliphatic hydroxyl groups excluding tert-OH is 2. The van der Waals surface area contributed by atoms with Gasteiger partial charge in [0, 0.05) is 74.5 Å². The van der Waals surface area contributed by atoms with E-state index in [0.29, 0.717) is 11.1 Å². The summed E-state index contributed by atoms with van der Waals surface area (Å²) in [4.78, 5) is 80.5. The van der Waals surface area contributed by atoms with Gasteiger partial charge >= 0.3 is 5.97 Å². The van der Waals surface area contributed by atoms with Crippen LogP contribution >= 0.6 is 0 Å². The van der Waals surface area contributed by atoms with Gasteiger partial charge in [-0.1, -0.05) is 58.0 Å². The lowest BCUT2D eigenvalue weighted by Crippen LogP contribution is -2.46. The Morgan fingerprint density at radius 2 is 1.56 bits per heavy atom. The molecule has 23 heteroatoms. The summed E-state index contributed by atoms with van der Waals surface area (Å²) < 4.78 is 38.0. The molecule has 0 aliphatic carbocycles. The molecule has 1 aliphatic heterocycles. The number of fused-ring (bicyclic) bond motifs is 5. The third kappa shape index (κ3) is 14.3. The first kappa shape index (κ1) is 56.3. The van der Waals surface area contributed by atoms with Gasteiger partial charge in [-0.25, -0.2) is 24.6 Å². The van der Waals surface area contributed by atoms with Gasteiger partial charge in [-0.05, 0) is 59.7 Å². The Hall–Kier alpha value is -6.60. The number of aliphatic carboxylic acids is 1. The highest BCUT2D eigenvalue weighted by Crippen LogP contribution is 2.45. The Balaban J connectivity index is 1.67. The molecular weight excluding hydrogens is 955 g/mol. The monoisotopic (exact) mass is 1020 g/mol. The number of carbonyl (C=O) groups excluding carboxylic acids is 4. The number of benzene rings is 3. The van der Waals surface area contributed by atoms with E-state index in [0.717, 1.165) is 10.5 Å². The Kier molecular flexibility index (Phi) is 18.6. The number of aliphatic hydroxyl groups is 2. The maximum Gasteiger partial charge on any atom is 0.326 e. The molecule has 0 radical (unpaired) electrons. The van der Waals surface area contributed by atoms with Gasteiger partial charge < -0.3 is 57.3 Å². The number of ether oxygens (including phenoxy) is 2. The smallest absolute Gasteiger partial charge is 0.326 e. The van der Waals surface area contributed by atoms with Crippen molar-refractivity contribution in [2.24, 2.45) is 28.4 Å². The molecule has 390 valence electrons. The molecule has 0 unspecified atom stereocenters. The zero-order valence-electron chi connectivity index (χ0n) is 41.0. The van der Waals surface area contributed by atoms with Crippen LogP contribution in [0.4, 0.5) is 5.82 Å². The number of aromatic nitrogens is 2. The third-order valence-electron chi connectivity index (χ3n) is 12.2. The summed E-state index contributed by atoms with van der Waals surface area (Å²) >= 11 is 0. The SMILES string of the molecule is Cc1nc(-c2ccc(C(C)(C)C)cc2)nc(N)c1C(=O)C[C@@H](CCNS(N)(=O)=O)C(=O)N(C)[C@@H]1C(=O)C[C@@H](C)C(=O)N[C@H](C(=O)O)Cc2ccc(OC[C@H](O)CN)c(c2)-c2cc1cc(OC[C@H](O)CN)c2O. The molecule has 22 nitrogen and oxygen atoms in total. The fraction of sp³-hybridized carbons (Fsp3) is 0.449. The first-order valence-electron chi connectivity index (χ1n) is 23.1. The molecule has 72 heavy (non-hydrogen) atoms. The van der Waals surface area contributed by atoms with Crippen LogP contribution in [0.25, 0.3) is 22.5 Å². The summed E-state index contributed by atoms with van der Waals surface area (Å²) in [5, 5.41) is 50.6. The van der Waals surface area contributed by atoms with E-state index >= 15 is 4.79 Å². The molecule has 2 amide bonds. The van der Waals surface area contributed by atoms with Crippen LogP contribution in [0.3, 0.4) is 0 Å². The minimum Gasteiger partial charge on any atom is -0.504 e.